The summed E-state index contributed by atoms with van der Waals surface area (Å²) in [4.78, 5) is 25.6. The minimum atomic E-state index is 0.492. The molecule has 6 nitrogen and oxygen atoms in total. The maximum Gasteiger partial charge on any atom is 0.165 e. The van der Waals surface area contributed by atoms with E-state index in [4.69, 9.17) is 24.9 Å². The minimum absolute atomic E-state index is 0.492. The molecule has 4 heterocycles. The maximum absolute atomic E-state index is 5.25. The Hall–Kier alpha value is -6.27. The van der Waals surface area contributed by atoms with Crippen molar-refractivity contribution in [2.75, 3.05) is 0 Å². The number of pyridine rings is 2. The third-order valence-corrected chi connectivity index (χ3v) is 9.89. The van der Waals surface area contributed by atoms with Gasteiger partial charge in [-0.1, -0.05) is 109 Å². The van der Waals surface area contributed by atoms with Crippen molar-refractivity contribution < 1.29 is 0 Å². The lowest BCUT2D eigenvalue weighted by molar-refractivity contribution is 0.571. The molecule has 49 heavy (non-hydrogen) atoms. The van der Waals surface area contributed by atoms with Gasteiger partial charge in [-0.25, -0.2) is 24.9 Å². The van der Waals surface area contributed by atoms with Crippen molar-refractivity contribution in [2.45, 2.75) is 19.3 Å². The molecule has 1 atom stereocenters. The predicted molar refractivity (Wildman–Crippen MR) is 198 cm³/mol. The van der Waals surface area contributed by atoms with Crippen molar-refractivity contribution in [1.29, 1.82) is 0 Å². The summed E-state index contributed by atoms with van der Waals surface area (Å²) < 4.78 is 2.06. The van der Waals surface area contributed by atoms with Crippen molar-refractivity contribution in [3.05, 3.63) is 151 Å². The van der Waals surface area contributed by atoms with Gasteiger partial charge in [0.25, 0.3) is 0 Å². The van der Waals surface area contributed by atoms with E-state index in [2.05, 4.69) is 120 Å². The first-order valence-corrected chi connectivity index (χ1v) is 16.8. The molecule has 0 N–H and O–H groups in total. The molecule has 10 rings (SSSR count). The fourth-order valence-corrected chi connectivity index (χ4v) is 7.39. The van der Waals surface area contributed by atoms with Crippen molar-refractivity contribution in [3.63, 3.8) is 0 Å². The van der Waals surface area contributed by atoms with Gasteiger partial charge in [0, 0.05) is 33.7 Å². The summed E-state index contributed by atoms with van der Waals surface area (Å²) >= 11 is 0. The first kappa shape index (κ1) is 27.8. The smallest absolute Gasteiger partial charge is 0.165 e. The quantitative estimate of drug-likeness (QED) is 0.194. The molecular formula is C43H30N6. The molecule has 0 saturated carbocycles. The Bertz CT molecular complexity index is 2710. The van der Waals surface area contributed by atoms with Gasteiger partial charge in [0.2, 0.25) is 0 Å². The summed E-state index contributed by atoms with van der Waals surface area (Å²) in [5, 5.41) is 4.48. The number of allylic oxidation sites excluding steroid dienone is 6. The van der Waals surface area contributed by atoms with Crippen LogP contribution in [0.2, 0.25) is 0 Å². The second-order valence-electron chi connectivity index (χ2n) is 12.9. The summed E-state index contributed by atoms with van der Waals surface area (Å²) in [6.07, 6.45) is 14.2. The average Bonchev–Trinajstić information content (AvgIpc) is 3.56. The van der Waals surface area contributed by atoms with Gasteiger partial charge in [-0.2, -0.15) is 0 Å². The molecular weight excluding hydrogens is 601 g/mol. The van der Waals surface area contributed by atoms with Crippen LogP contribution in [0.3, 0.4) is 0 Å². The summed E-state index contributed by atoms with van der Waals surface area (Å²) in [5.41, 5.74) is 8.94. The number of aromatic nitrogens is 6. The first-order chi connectivity index (χ1) is 24.2. The molecule has 4 aromatic heterocycles. The van der Waals surface area contributed by atoms with Crippen LogP contribution in [0.25, 0.3) is 78.0 Å². The lowest BCUT2D eigenvalue weighted by atomic mass is 9.81. The molecule has 8 aromatic rings. The highest BCUT2D eigenvalue weighted by Crippen LogP contribution is 2.38. The molecule has 0 spiro atoms. The monoisotopic (exact) mass is 630 g/mol. The molecule has 6 heteroatoms. The van der Waals surface area contributed by atoms with Crippen molar-refractivity contribution in [1.82, 2.24) is 29.3 Å². The van der Waals surface area contributed by atoms with E-state index in [1.807, 2.05) is 24.4 Å². The molecule has 0 amide bonds. The van der Waals surface area contributed by atoms with Crippen molar-refractivity contribution in [3.8, 4) is 34.0 Å². The first-order valence-electron chi connectivity index (χ1n) is 16.8. The molecule has 0 bridgehead atoms. The molecule has 2 aliphatic carbocycles. The largest absolute Gasteiger partial charge is 0.284 e. The van der Waals surface area contributed by atoms with E-state index in [1.165, 1.54) is 11.0 Å². The standard InChI is InChI=1S/C43H30N6/c1-3-12-29-24-33(21-19-27(29)10-1)41-46-40(47-42(48-41)34-22-20-28-11-2-4-13-30(28)25-34)32-15-9-14-31(26-32)38-35-16-5-6-17-36(35)39-43(45-38)49-23-8-7-18-37(49)44-39/h1-3,5-12,14-24,26,30H,4,13,25H2. The van der Waals surface area contributed by atoms with Crippen LogP contribution in [0.15, 0.2) is 145 Å². The molecule has 0 saturated heterocycles. The molecule has 0 aliphatic heterocycles. The van der Waals surface area contributed by atoms with Gasteiger partial charge in [-0.05, 0) is 71.4 Å². The SMILES string of the molecule is C1=CC2=CC=C(c3nc(-c4cccc(-c5nc6c(nc7ccccn76)c6ccccc56)c4)nc(-c4ccc5ccccc5c4)n3)CC2CC1. The lowest BCUT2D eigenvalue weighted by Crippen LogP contribution is -2.12. The number of imidazole rings is 1. The van der Waals surface area contributed by atoms with Gasteiger partial charge in [-0.3, -0.25) is 4.40 Å². The van der Waals surface area contributed by atoms with Crippen LogP contribution in [-0.2, 0) is 0 Å². The third kappa shape index (κ3) is 4.75. The van der Waals surface area contributed by atoms with Crippen LogP contribution in [0.4, 0.5) is 0 Å². The Morgan fingerprint density at radius 2 is 1.37 bits per heavy atom. The highest BCUT2D eigenvalue weighted by molar-refractivity contribution is 6.09. The lowest BCUT2D eigenvalue weighted by Gasteiger charge is -2.25. The van der Waals surface area contributed by atoms with Gasteiger partial charge >= 0.3 is 0 Å². The maximum atomic E-state index is 5.25. The van der Waals surface area contributed by atoms with E-state index in [1.54, 1.807) is 0 Å². The van der Waals surface area contributed by atoms with Crippen LogP contribution >= 0.6 is 0 Å². The van der Waals surface area contributed by atoms with E-state index in [0.29, 0.717) is 17.6 Å². The zero-order valence-corrected chi connectivity index (χ0v) is 26.7. The number of hydrogen-bond donors (Lipinski definition) is 0. The predicted octanol–water partition coefficient (Wildman–Crippen LogP) is 10.1. The fraction of sp³-hybridized carbons (Fsp3) is 0.0930. The van der Waals surface area contributed by atoms with E-state index < -0.39 is 0 Å². The fourth-order valence-electron chi connectivity index (χ4n) is 7.39. The Kier molecular flexibility index (Phi) is 6.34. The van der Waals surface area contributed by atoms with Gasteiger partial charge in [-0.15, -0.1) is 0 Å². The topological polar surface area (TPSA) is 68.9 Å². The third-order valence-electron chi connectivity index (χ3n) is 9.89. The van der Waals surface area contributed by atoms with Crippen LogP contribution in [-0.4, -0.2) is 29.3 Å². The molecule has 0 radical (unpaired) electrons. The highest BCUT2D eigenvalue weighted by Gasteiger charge is 2.23. The number of hydrogen-bond acceptors (Lipinski definition) is 5. The minimum Gasteiger partial charge on any atom is -0.284 e. The molecule has 2 aliphatic rings. The molecule has 0 fully saturated rings. The Balaban J connectivity index is 1.15. The van der Waals surface area contributed by atoms with Crippen molar-refractivity contribution >= 4 is 43.9 Å². The number of rotatable bonds is 4. The second-order valence-corrected chi connectivity index (χ2v) is 12.9. The van der Waals surface area contributed by atoms with E-state index in [0.717, 1.165) is 86.0 Å². The van der Waals surface area contributed by atoms with Crippen LogP contribution in [0.1, 0.15) is 25.1 Å². The number of fused-ring (bicyclic) bond motifs is 7. The summed E-state index contributed by atoms with van der Waals surface area (Å²) in [5.74, 6) is 2.55. The summed E-state index contributed by atoms with van der Waals surface area (Å²) in [7, 11) is 0. The van der Waals surface area contributed by atoms with Crippen LogP contribution in [0.5, 0.6) is 0 Å². The normalized spacial score (nSPS) is 15.9. The van der Waals surface area contributed by atoms with E-state index >= 15 is 0 Å². The molecule has 232 valence electrons. The van der Waals surface area contributed by atoms with Gasteiger partial charge < -0.3 is 0 Å². The van der Waals surface area contributed by atoms with Crippen LogP contribution in [0, 0.1) is 5.92 Å². The second kappa shape index (κ2) is 11.2. The van der Waals surface area contributed by atoms with Gasteiger partial charge in [0.05, 0.1) is 5.69 Å². The van der Waals surface area contributed by atoms with E-state index in [9.17, 15) is 0 Å². The van der Waals surface area contributed by atoms with Crippen molar-refractivity contribution in [2.24, 2.45) is 5.92 Å². The van der Waals surface area contributed by atoms with E-state index in [-0.39, 0.29) is 0 Å². The average molecular weight is 631 g/mol. The Morgan fingerprint density at radius 3 is 2.29 bits per heavy atom. The summed E-state index contributed by atoms with van der Waals surface area (Å²) in [6, 6.07) is 37.7. The van der Waals surface area contributed by atoms with Gasteiger partial charge in [0.15, 0.2) is 23.1 Å². The van der Waals surface area contributed by atoms with Crippen LogP contribution < -0.4 is 0 Å². The summed E-state index contributed by atoms with van der Waals surface area (Å²) in [6.45, 7) is 0. The highest BCUT2D eigenvalue weighted by atomic mass is 15.1. The molecule has 1 unspecified atom stereocenters. The zero-order valence-electron chi connectivity index (χ0n) is 26.7. The van der Waals surface area contributed by atoms with Gasteiger partial charge in [0.1, 0.15) is 11.2 Å². The zero-order chi connectivity index (χ0) is 32.3. The Morgan fingerprint density at radius 1 is 0.592 bits per heavy atom. The molecule has 4 aromatic carbocycles. The Labute approximate surface area is 282 Å². The number of nitrogens with zero attached hydrogens (tertiary/aromatic N) is 6. The number of benzene rings is 4.